The fraction of sp³-hybridized carbons (Fsp3) is 0.381. The minimum atomic E-state index is -5.06. The third-order valence-corrected chi connectivity index (χ3v) is 7.69. The van der Waals surface area contributed by atoms with Crippen molar-refractivity contribution in [3.05, 3.63) is 64.4 Å². The summed E-state index contributed by atoms with van der Waals surface area (Å²) < 4.78 is 123. The Morgan fingerprint density at radius 1 is 1.14 bits per heavy atom. The number of alkyl halides is 6. The van der Waals surface area contributed by atoms with E-state index in [-0.39, 0.29) is 22.8 Å². The molecule has 0 spiro atoms. The summed E-state index contributed by atoms with van der Waals surface area (Å²) in [5.74, 6) is -1.55. The second kappa shape index (κ2) is 10.4. The Labute approximate surface area is 205 Å². The van der Waals surface area contributed by atoms with Gasteiger partial charge in [0, 0.05) is 25.3 Å². The van der Waals surface area contributed by atoms with Gasteiger partial charge in [-0.1, -0.05) is 29.8 Å². The van der Waals surface area contributed by atoms with Crippen LogP contribution in [-0.4, -0.2) is 57.1 Å². The normalized spacial score (nSPS) is 19.5. The number of halogens is 8. The van der Waals surface area contributed by atoms with Crippen LogP contribution in [0.5, 0.6) is 0 Å². The van der Waals surface area contributed by atoms with Gasteiger partial charge in [0.2, 0.25) is 6.10 Å². The minimum absolute atomic E-state index is 0.221. The van der Waals surface area contributed by atoms with Crippen molar-refractivity contribution in [2.75, 3.05) is 30.7 Å². The van der Waals surface area contributed by atoms with Crippen LogP contribution in [0.3, 0.4) is 0 Å². The molecule has 15 heteroatoms. The molecular weight excluding hydrogens is 545 g/mol. The van der Waals surface area contributed by atoms with Crippen molar-refractivity contribution in [1.82, 2.24) is 4.90 Å². The number of ether oxygens (including phenoxy) is 1. The lowest BCUT2D eigenvalue weighted by Gasteiger charge is -2.35. The van der Waals surface area contributed by atoms with Crippen LogP contribution in [0, 0.1) is 5.82 Å². The SMILES string of the molecule is O=C(Nc1ccc(Cl)c(F)c1)OC(CN1CCS(=O)(=O)[C@H](c2cccc(C(F)(F)F)c2)C1)C(F)(F)F. The van der Waals surface area contributed by atoms with Gasteiger partial charge in [-0.05, 0) is 29.8 Å². The van der Waals surface area contributed by atoms with Crippen LogP contribution in [0.1, 0.15) is 16.4 Å². The fourth-order valence-electron chi connectivity index (χ4n) is 3.52. The molecule has 0 saturated carbocycles. The first-order valence-corrected chi connectivity index (χ1v) is 12.3. The molecule has 198 valence electrons. The number of benzene rings is 2. The molecule has 0 radical (unpaired) electrons. The van der Waals surface area contributed by atoms with E-state index in [2.05, 4.69) is 4.74 Å². The highest BCUT2D eigenvalue weighted by Crippen LogP contribution is 2.35. The number of amides is 1. The highest BCUT2D eigenvalue weighted by Gasteiger charge is 2.46. The van der Waals surface area contributed by atoms with Crippen molar-refractivity contribution in [3.63, 3.8) is 0 Å². The smallest absolute Gasteiger partial charge is 0.426 e. The van der Waals surface area contributed by atoms with Crippen molar-refractivity contribution in [3.8, 4) is 0 Å². The van der Waals surface area contributed by atoms with Gasteiger partial charge in [-0.3, -0.25) is 10.2 Å². The predicted octanol–water partition coefficient (Wildman–Crippen LogP) is 5.45. The molecule has 0 aromatic heterocycles. The lowest BCUT2D eigenvalue weighted by Crippen LogP contribution is -2.50. The second-order valence-electron chi connectivity index (χ2n) is 7.93. The lowest BCUT2D eigenvalue weighted by atomic mass is 10.1. The summed E-state index contributed by atoms with van der Waals surface area (Å²) in [7, 11) is -3.97. The highest BCUT2D eigenvalue weighted by molar-refractivity contribution is 7.91. The molecule has 3 rings (SSSR count). The molecule has 1 N–H and O–H groups in total. The van der Waals surface area contributed by atoms with E-state index < -0.39 is 69.9 Å². The predicted molar refractivity (Wildman–Crippen MR) is 116 cm³/mol. The lowest BCUT2D eigenvalue weighted by molar-refractivity contribution is -0.206. The summed E-state index contributed by atoms with van der Waals surface area (Å²) in [6.45, 7) is -1.89. The van der Waals surface area contributed by atoms with Gasteiger partial charge >= 0.3 is 18.4 Å². The zero-order valence-electron chi connectivity index (χ0n) is 18.0. The average molecular weight is 563 g/mol. The van der Waals surface area contributed by atoms with Gasteiger partial charge in [0.05, 0.1) is 21.6 Å². The zero-order valence-corrected chi connectivity index (χ0v) is 19.6. The van der Waals surface area contributed by atoms with Gasteiger partial charge in [0.25, 0.3) is 0 Å². The molecule has 1 aliphatic heterocycles. The van der Waals surface area contributed by atoms with Gasteiger partial charge in [-0.15, -0.1) is 0 Å². The maximum Gasteiger partial charge on any atom is 0.426 e. The number of anilines is 1. The number of sulfone groups is 1. The van der Waals surface area contributed by atoms with Crippen molar-refractivity contribution in [1.29, 1.82) is 0 Å². The Bertz CT molecular complexity index is 1220. The first-order chi connectivity index (χ1) is 16.6. The summed E-state index contributed by atoms with van der Waals surface area (Å²) in [5, 5.41) is 0.137. The van der Waals surface area contributed by atoms with Crippen LogP contribution in [0.2, 0.25) is 5.02 Å². The van der Waals surface area contributed by atoms with Gasteiger partial charge < -0.3 is 4.74 Å². The summed E-state index contributed by atoms with van der Waals surface area (Å²) in [6, 6.07) is 6.51. The fourth-order valence-corrected chi connectivity index (χ4v) is 5.44. The molecule has 0 aliphatic carbocycles. The molecule has 1 heterocycles. The standard InChI is InChI=1S/C21H18ClF7N2O4S/c22-15-5-4-14(9-16(15)23)30-19(32)35-18(21(27,28)29)11-31-6-7-36(33,34)17(10-31)12-2-1-3-13(8-12)20(24,25)26/h1-5,8-9,17-18H,6-7,10-11H2,(H,30,32)/t17-,18?/m0/s1. The monoisotopic (exact) mass is 562 g/mol. The first kappa shape index (κ1) is 28.0. The van der Waals surface area contributed by atoms with Crippen molar-refractivity contribution < 1.29 is 48.7 Å². The Morgan fingerprint density at radius 2 is 1.83 bits per heavy atom. The summed E-state index contributed by atoms with van der Waals surface area (Å²) in [5.41, 5.74) is -1.54. The average Bonchev–Trinajstić information content (AvgIpc) is 2.75. The molecule has 1 aliphatic rings. The van der Waals surface area contributed by atoms with Crippen LogP contribution >= 0.6 is 11.6 Å². The van der Waals surface area contributed by atoms with E-state index in [0.717, 1.165) is 41.3 Å². The van der Waals surface area contributed by atoms with Gasteiger partial charge in [-0.2, -0.15) is 26.3 Å². The van der Waals surface area contributed by atoms with Gasteiger partial charge in [-0.25, -0.2) is 17.6 Å². The Hall–Kier alpha value is -2.58. The second-order valence-corrected chi connectivity index (χ2v) is 10.6. The molecule has 1 saturated heterocycles. The maximum atomic E-state index is 13.6. The Kier molecular flexibility index (Phi) is 8.10. The number of carbonyl (C=O) groups is 1. The Balaban J connectivity index is 1.75. The molecular formula is C21H18ClF7N2O4S. The highest BCUT2D eigenvalue weighted by atomic mass is 35.5. The van der Waals surface area contributed by atoms with Crippen LogP contribution in [-0.2, 0) is 20.8 Å². The zero-order chi connectivity index (χ0) is 26.9. The molecule has 1 unspecified atom stereocenters. The molecule has 2 atom stereocenters. The summed E-state index contributed by atoms with van der Waals surface area (Å²) >= 11 is 5.51. The Morgan fingerprint density at radius 3 is 2.44 bits per heavy atom. The topological polar surface area (TPSA) is 75.7 Å². The van der Waals surface area contributed by atoms with E-state index in [1.807, 2.05) is 5.32 Å². The first-order valence-electron chi connectivity index (χ1n) is 10.2. The van der Waals surface area contributed by atoms with E-state index in [0.29, 0.717) is 6.07 Å². The van der Waals surface area contributed by atoms with Crippen molar-refractivity contribution in [2.45, 2.75) is 23.7 Å². The van der Waals surface area contributed by atoms with Gasteiger partial charge in [0.1, 0.15) is 5.82 Å². The molecule has 6 nitrogen and oxygen atoms in total. The number of rotatable bonds is 5. The maximum absolute atomic E-state index is 13.6. The number of nitrogens with one attached hydrogen (secondary N) is 1. The summed E-state index contributed by atoms with van der Waals surface area (Å²) in [4.78, 5) is 13.1. The molecule has 36 heavy (non-hydrogen) atoms. The van der Waals surface area contributed by atoms with Crippen LogP contribution in [0.25, 0.3) is 0 Å². The van der Waals surface area contributed by atoms with Crippen molar-refractivity contribution >= 4 is 33.2 Å². The molecule has 1 amide bonds. The molecule has 2 aromatic rings. The molecule has 2 aromatic carbocycles. The van der Waals surface area contributed by atoms with Gasteiger partial charge in [0.15, 0.2) is 9.84 Å². The number of hydrogen-bond acceptors (Lipinski definition) is 5. The number of nitrogens with zero attached hydrogens (tertiary/aromatic N) is 1. The number of hydrogen-bond donors (Lipinski definition) is 1. The quantitative estimate of drug-likeness (QED) is 0.491. The molecule has 0 bridgehead atoms. The third-order valence-electron chi connectivity index (χ3n) is 5.34. The van der Waals surface area contributed by atoms with E-state index >= 15 is 0 Å². The van der Waals surface area contributed by atoms with E-state index in [1.54, 1.807) is 0 Å². The molecule has 1 fully saturated rings. The van der Waals surface area contributed by atoms with Crippen LogP contribution in [0.15, 0.2) is 42.5 Å². The largest absolute Gasteiger partial charge is 0.435 e. The van der Waals surface area contributed by atoms with E-state index in [1.165, 1.54) is 0 Å². The van der Waals surface area contributed by atoms with E-state index in [4.69, 9.17) is 11.6 Å². The minimum Gasteiger partial charge on any atom is -0.435 e. The third kappa shape index (κ3) is 7.01. The summed E-state index contributed by atoms with van der Waals surface area (Å²) in [6.07, 6.45) is -14.1. The van der Waals surface area contributed by atoms with Crippen LogP contribution < -0.4 is 5.32 Å². The number of carbonyl (C=O) groups excluding carboxylic acids is 1. The van der Waals surface area contributed by atoms with Crippen LogP contribution in [0.4, 0.5) is 41.2 Å². The van der Waals surface area contributed by atoms with Crippen molar-refractivity contribution in [2.24, 2.45) is 0 Å². The van der Waals surface area contributed by atoms with E-state index in [9.17, 15) is 43.9 Å².